The van der Waals surface area contributed by atoms with Crippen molar-refractivity contribution in [2.24, 2.45) is 0 Å². The summed E-state index contributed by atoms with van der Waals surface area (Å²) in [5, 5.41) is 6.77. The molecule has 1 aromatic rings. The number of carbonyl (C=O) groups is 1. The molecular formula is C8H7ClIN3O3S. The number of rotatable bonds is 2. The van der Waals surface area contributed by atoms with Crippen molar-refractivity contribution >= 4 is 54.0 Å². The van der Waals surface area contributed by atoms with Crippen LogP contribution in [0.25, 0.3) is 0 Å². The van der Waals surface area contributed by atoms with Gasteiger partial charge in [0.15, 0.2) is 5.82 Å². The summed E-state index contributed by atoms with van der Waals surface area (Å²) in [6.45, 7) is 0.0277. The van der Waals surface area contributed by atoms with Gasteiger partial charge in [0, 0.05) is 23.6 Å². The maximum absolute atomic E-state index is 11.6. The lowest BCUT2D eigenvalue weighted by Gasteiger charge is -2.13. The molecule has 0 aromatic carbocycles. The summed E-state index contributed by atoms with van der Waals surface area (Å²) in [6, 6.07) is 3.31. The zero-order valence-corrected chi connectivity index (χ0v) is 12.1. The van der Waals surface area contributed by atoms with E-state index in [2.05, 4.69) is 10.2 Å². The summed E-state index contributed by atoms with van der Waals surface area (Å²) in [5.41, 5.74) is 0. The lowest BCUT2D eigenvalue weighted by atomic mass is 10.4. The molecule has 1 amide bonds. The van der Waals surface area contributed by atoms with E-state index in [4.69, 9.17) is 10.7 Å². The Balaban J connectivity index is 2.24. The van der Waals surface area contributed by atoms with E-state index in [9.17, 15) is 13.2 Å². The molecule has 1 fully saturated rings. The molecule has 0 radical (unpaired) electrons. The van der Waals surface area contributed by atoms with Gasteiger partial charge in [-0.2, -0.15) is 0 Å². The highest BCUT2D eigenvalue weighted by molar-refractivity contribution is 14.1. The van der Waals surface area contributed by atoms with Gasteiger partial charge in [-0.3, -0.25) is 9.69 Å². The molecule has 1 aliphatic rings. The van der Waals surface area contributed by atoms with Crippen molar-refractivity contribution in [3.63, 3.8) is 0 Å². The molecule has 0 N–H and O–H groups in total. The summed E-state index contributed by atoms with van der Waals surface area (Å²) >= 11 is 1.99. The molecule has 9 heteroatoms. The predicted octanol–water partition coefficient (Wildman–Crippen LogP) is 0.755. The zero-order chi connectivity index (χ0) is 12.6. The van der Waals surface area contributed by atoms with Gasteiger partial charge in [-0.15, -0.1) is 10.2 Å². The monoisotopic (exact) mass is 387 g/mol. The fourth-order valence-corrected chi connectivity index (χ4v) is 2.85. The summed E-state index contributed by atoms with van der Waals surface area (Å²) in [5.74, 6) is 0.0352. The molecule has 2 rings (SSSR count). The van der Waals surface area contributed by atoms with E-state index in [1.807, 2.05) is 22.6 Å². The van der Waals surface area contributed by atoms with Gasteiger partial charge in [0.2, 0.25) is 15.0 Å². The van der Waals surface area contributed by atoms with Crippen LogP contribution in [0, 0.1) is 3.70 Å². The molecule has 2 heterocycles. The molecule has 1 aromatic heterocycles. The Morgan fingerprint density at radius 3 is 2.59 bits per heavy atom. The van der Waals surface area contributed by atoms with Gasteiger partial charge in [-0.25, -0.2) is 8.42 Å². The zero-order valence-electron chi connectivity index (χ0n) is 8.38. The van der Waals surface area contributed by atoms with Crippen LogP contribution in [0.3, 0.4) is 0 Å². The number of halogens is 2. The van der Waals surface area contributed by atoms with Crippen molar-refractivity contribution in [3.05, 3.63) is 15.8 Å². The Morgan fingerprint density at radius 1 is 1.41 bits per heavy atom. The maximum Gasteiger partial charge on any atom is 0.237 e. The van der Waals surface area contributed by atoms with E-state index in [1.54, 1.807) is 12.1 Å². The highest BCUT2D eigenvalue weighted by atomic mass is 127. The molecule has 0 aliphatic carbocycles. The molecule has 17 heavy (non-hydrogen) atoms. The van der Waals surface area contributed by atoms with Crippen LogP contribution < -0.4 is 4.90 Å². The first-order valence-corrected chi connectivity index (χ1v) is 8.06. The number of carbonyl (C=O) groups excluding carboxylic acids is 1. The minimum atomic E-state index is -3.72. The van der Waals surface area contributed by atoms with Crippen LogP contribution in [0.15, 0.2) is 12.1 Å². The van der Waals surface area contributed by atoms with Crippen LogP contribution in [-0.2, 0) is 13.8 Å². The smallest absolute Gasteiger partial charge is 0.237 e. The van der Waals surface area contributed by atoms with E-state index < -0.39 is 14.3 Å². The standard InChI is InChI=1S/C8H7ClIN3O3S/c9-17(15,16)5-3-8(14)13(4-5)7-2-1-6(10)11-12-7/h1-2,5H,3-4H2. The van der Waals surface area contributed by atoms with E-state index >= 15 is 0 Å². The van der Waals surface area contributed by atoms with Gasteiger partial charge in [-0.05, 0) is 34.7 Å². The second kappa shape index (κ2) is 4.65. The van der Waals surface area contributed by atoms with Gasteiger partial charge in [0.1, 0.15) is 8.95 Å². The molecule has 1 saturated heterocycles. The third kappa shape index (κ3) is 2.86. The highest BCUT2D eigenvalue weighted by Crippen LogP contribution is 2.25. The van der Waals surface area contributed by atoms with Crippen LogP contribution in [0.1, 0.15) is 6.42 Å². The van der Waals surface area contributed by atoms with Crippen molar-refractivity contribution in [2.75, 3.05) is 11.4 Å². The third-order valence-electron chi connectivity index (χ3n) is 2.38. The van der Waals surface area contributed by atoms with E-state index in [0.717, 1.165) is 0 Å². The fraction of sp³-hybridized carbons (Fsp3) is 0.375. The number of anilines is 1. The molecule has 0 spiro atoms. The molecule has 0 saturated carbocycles. The van der Waals surface area contributed by atoms with Crippen molar-refractivity contribution in [3.8, 4) is 0 Å². The van der Waals surface area contributed by atoms with Crippen LogP contribution in [0.2, 0.25) is 0 Å². The Morgan fingerprint density at radius 2 is 2.12 bits per heavy atom. The van der Waals surface area contributed by atoms with E-state index in [0.29, 0.717) is 9.52 Å². The molecule has 92 valence electrons. The molecular weight excluding hydrogens is 381 g/mol. The number of hydrogen-bond donors (Lipinski definition) is 0. The number of nitrogens with zero attached hydrogens (tertiary/aromatic N) is 3. The normalized spacial score (nSPS) is 20.9. The Labute approximate surface area is 116 Å². The van der Waals surface area contributed by atoms with Gasteiger partial charge < -0.3 is 0 Å². The summed E-state index contributed by atoms with van der Waals surface area (Å²) < 4.78 is 23.0. The van der Waals surface area contributed by atoms with Crippen molar-refractivity contribution in [2.45, 2.75) is 11.7 Å². The quantitative estimate of drug-likeness (QED) is 0.553. The van der Waals surface area contributed by atoms with Crippen LogP contribution in [-0.4, -0.2) is 36.3 Å². The number of aromatic nitrogens is 2. The second-order valence-electron chi connectivity index (χ2n) is 3.52. The molecule has 1 atom stereocenters. The van der Waals surface area contributed by atoms with Gasteiger partial charge in [0.05, 0.1) is 0 Å². The summed E-state index contributed by atoms with van der Waals surface area (Å²) in [6.07, 6.45) is -0.112. The summed E-state index contributed by atoms with van der Waals surface area (Å²) in [4.78, 5) is 12.9. The predicted molar refractivity (Wildman–Crippen MR) is 70.3 cm³/mol. The maximum atomic E-state index is 11.6. The van der Waals surface area contributed by atoms with Crippen molar-refractivity contribution in [1.29, 1.82) is 0 Å². The Hall–Kier alpha value is -0.480. The third-order valence-corrected chi connectivity index (χ3v) is 4.83. The van der Waals surface area contributed by atoms with Gasteiger partial charge in [-0.1, -0.05) is 0 Å². The summed E-state index contributed by atoms with van der Waals surface area (Å²) in [7, 11) is 1.51. The molecule has 1 unspecified atom stereocenters. The Bertz CT molecular complexity index is 548. The fourth-order valence-electron chi connectivity index (χ4n) is 1.54. The number of hydrogen-bond acceptors (Lipinski definition) is 5. The minimum Gasteiger partial charge on any atom is -0.294 e. The van der Waals surface area contributed by atoms with E-state index in [1.165, 1.54) is 4.90 Å². The first-order valence-electron chi connectivity index (χ1n) is 4.61. The lowest BCUT2D eigenvalue weighted by Crippen LogP contribution is -2.27. The van der Waals surface area contributed by atoms with Gasteiger partial charge in [0.25, 0.3) is 0 Å². The van der Waals surface area contributed by atoms with Crippen LogP contribution in [0.4, 0.5) is 5.82 Å². The lowest BCUT2D eigenvalue weighted by molar-refractivity contribution is -0.117. The minimum absolute atomic E-state index is 0.0277. The van der Waals surface area contributed by atoms with Crippen molar-refractivity contribution < 1.29 is 13.2 Å². The average Bonchev–Trinajstić information content (AvgIpc) is 2.61. The Kier molecular flexibility index (Phi) is 3.55. The van der Waals surface area contributed by atoms with Crippen molar-refractivity contribution in [1.82, 2.24) is 10.2 Å². The first-order chi connectivity index (χ1) is 7.88. The van der Waals surface area contributed by atoms with Crippen LogP contribution >= 0.6 is 33.3 Å². The van der Waals surface area contributed by atoms with Gasteiger partial charge >= 0.3 is 0 Å². The number of amides is 1. The first kappa shape index (κ1) is 13.0. The molecule has 6 nitrogen and oxygen atoms in total. The molecule has 0 bridgehead atoms. The van der Waals surface area contributed by atoms with E-state index in [-0.39, 0.29) is 18.9 Å². The second-order valence-corrected chi connectivity index (χ2v) is 7.53. The largest absolute Gasteiger partial charge is 0.294 e. The molecule has 1 aliphatic heterocycles. The van der Waals surface area contributed by atoms with Crippen LogP contribution in [0.5, 0.6) is 0 Å². The SMILES string of the molecule is O=C1CC(S(=O)(=O)Cl)CN1c1ccc(I)nn1. The average molecular weight is 388 g/mol. The topological polar surface area (TPSA) is 80.2 Å². The highest BCUT2D eigenvalue weighted by Gasteiger charge is 2.38.